The van der Waals surface area contributed by atoms with Gasteiger partial charge in [0.25, 0.3) is 0 Å². The normalized spacial score (nSPS) is 24.0. The molecule has 3 N–H and O–H groups in total. The predicted octanol–water partition coefficient (Wildman–Crippen LogP) is 0.465. The molecule has 1 amide bonds. The van der Waals surface area contributed by atoms with Crippen LogP contribution in [0, 0.1) is 6.92 Å². The Morgan fingerprint density at radius 2 is 2.05 bits per heavy atom. The van der Waals surface area contributed by atoms with E-state index in [0.29, 0.717) is 18.7 Å². The topological polar surface area (TPSA) is 92.5 Å². The van der Waals surface area contributed by atoms with Crippen LogP contribution in [0.3, 0.4) is 0 Å². The molecular weight excluding hydrogens is 290 g/mol. The number of piperazine rings is 1. The lowest BCUT2D eigenvalue weighted by atomic mass is 10.1. The van der Waals surface area contributed by atoms with E-state index in [-0.39, 0.29) is 22.5 Å². The molecule has 1 aliphatic rings. The van der Waals surface area contributed by atoms with E-state index in [2.05, 4.69) is 5.32 Å². The van der Waals surface area contributed by atoms with Gasteiger partial charge in [0, 0.05) is 30.7 Å². The highest BCUT2D eigenvalue weighted by molar-refractivity contribution is 7.89. The molecule has 1 aliphatic heterocycles. The Labute approximate surface area is 125 Å². The van der Waals surface area contributed by atoms with Crippen LogP contribution in [0.5, 0.6) is 0 Å². The van der Waals surface area contributed by atoms with E-state index in [1.54, 1.807) is 13.0 Å². The fourth-order valence-electron chi connectivity index (χ4n) is 2.49. The number of primary amides is 1. The minimum Gasteiger partial charge on any atom is -0.366 e. The van der Waals surface area contributed by atoms with Crippen LogP contribution in [0.25, 0.3) is 0 Å². The number of nitrogens with one attached hydrogen (secondary N) is 1. The van der Waals surface area contributed by atoms with Gasteiger partial charge in [-0.25, -0.2) is 8.42 Å². The number of amides is 1. The van der Waals surface area contributed by atoms with Gasteiger partial charge in [-0.15, -0.1) is 0 Å². The molecule has 116 valence electrons. The molecule has 1 saturated heterocycles. The van der Waals surface area contributed by atoms with Crippen molar-refractivity contribution in [1.29, 1.82) is 0 Å². The van der Waals surface area contributed by atoms with Gasteiger partial charge in [-0.3, -0.25) is 4.79 Å². The zero-order valence-electron chi connectivity index (χ0n) is 12.5. The molecule has 2 rings (SSSR count). The van der Waals surface area contributed by atoms with Crippen LogP contribution in [0.15, 0.2) is 23.1 Å². The van der Waals surface area contributed by atoms with Crippen molar-refractivity contribution >= 4 is 15.9 Å². The van der Waals surface area contributed by atoms with E-state index in [0.717, 1.165) is 0 Å². The van der Waals surface area contributed by atoms with Gasteiger partial charge in [0.2, 0.25) is 15.9 Å². The summed E-state index contributed by atoms with van der Waals surface area (Å²) < 4.78 is 27.0. The summed E-state index contributed by atoms with van der Waals surface area (Å²) in [6.07, 6.45) is 0. The van der Waals surface area contributed by atoms with Crippen LogP contribution in [0.4, 0.5) is 0 Å². The summed E-state index contributed by atoms with van der Waals surface area (Å²) in [7, 11) is -3.63. The Hall–Kier alpha value is -1.44. The smallest absolute Gasteiger partial charge is 0.249 e. The summed E-state index contributed by atoms with van der Waals surface area (Å²) in [5, 5.41) is 3.24. The van der Waals surface area contributed by atoms with E-state index >= 15 is 0 Å². The second-order valence-corrected chi connectivity index (χ2v) is 7.46. The molecule has 2 atom stereocenters. The highest BCUT2D eigenvalue weighted by Crippen LogP contribution is 2.22. The van der Waals surface area contributed by atoms with Crippen LogP contribution >= 0.6 is 0 Å². The highest BCUT2D eigenvalue weighted by atomic mass is 32.2. The first-order chi connectivity index (χ1) is 9.73. The molecule has 0 aliphatic carbocycles. The van der Waals surface area contributed by atoms with Crippen LogP contribution in [-0.2, 0) is 10.0 Å². The molecule has 0 aromatic heterocycles. The number of aryl methyl sites for hydroxylation is 1. The predicted molar refractivity (Wildman–Crippen MR) is 80.5 cm³/mol. The number of nitrogens with zero attached hydrogens (tertiary/aromatic N) is 1. The summed E-state index contributed by atoms with van der Waals surface area (Å²) in [4.78, 5) is 11.5. The Kier molecular flexibility index (Phi) is 4.36. The van der Waals surface area contributed by atoms with E-state index in [4.69, 9.17) is 5.73 Å². The fourth-order valence-corrected chi connectivity index (χ4v) is 4.23. The Morgan fingerprint density at radius 1 is 1.38 bits per heavy atom. The van der Waals surface area contributed by atoms with Crippen molar-refractivity contribution in [2.24, 2.45) is 5.73 Å². The van der Waals surface area contributed by atoms with Gasteiger partial charge in [-0.05, 0) is 38.5 Å². The van der Waals surface area contributed by atoms with Crippen molar-refractivity contribution in [2.45, 2.75) is 37.8 Å². The van der Waals surface area contributed by atoms with Crippen LogP contribution in [0.1, 0.15) is 29.8 Å². The molecule has 0 saturated carbocycles. The van der Waals surface area contributed by atoms with Gasteiger partial charge in [-0.2, -0.15) is 4.31 Å². The number of benzene rings is 1. The summed E-state index contributed by atoms with van der Waals surface area (Å²) in [5.41, 5.74) is 6.21. The lowest BCUT2D eigenvalue weighted by Gasteiger charge is -2.36. The fraction of sp³-hybridized carbons (Fsp3) is 0.500. The van der Waals surface area contributed by atoms with Crippen LogP contribution in [-0.4, -0.2) is 43.8 Å². The van der Waals surface area contributed by atoms with Crippen LogP contribution < -0.4 is 11.1 Å². The number of hydrogen-bond acceptors (Lipinski definition) is 4. The average Bonchev–Trinajstić information content (AvgIpc) is 2.41. The summed E-state index contributed by atoms with van der Waals surface area (Å²) >= 11 is 0. The van der Waals surface area contributed by atoms with Gasteiger partial charge in [0.15, 0.2) is 0 Å². The number of rotatable bonds is 3. The third-order valence-electron chi connectivity index (χ3n) is 3.79. The SMILES string of the molecule is Cc1ccc(S(=O)(=O)N2CC(C)NCC2C)cc1C(N)=O. The molecule has 7 heteroatoms. The molecule has 0 radical (unpaired) electrons. The summed E-state index contributed by atoms with van der Waals surface area (Å²) in [6, 6.07) is 4.47. The Balaban J connectivity index is 2.44. The molecule has 1 aromatic carbocycles. The molecule has 21 heavy (non-hydrogen) atoms. The molecule has 1 heterocycles. The van der Waals surface area contributed by atoms with Crippen molar-refractivity contribution in [1.82, 2.24) is 9.62 Å². The second-order valence-electron chi connectivity index (χ2n) is 5.57. The minimum absolute atomic E-state index is 0.0945. The number of nitrogens with two attached hydrogens (primary N) is 1. The van der Waals surface area contributed by atoms with Crippen molar-refractivity contribution in [3.63, 3.8) is 0 Å². The molecule has 1 fully saturated rings. The van der Waals surface area contributed by atoms with E-state index in [9.17, 15) is 13.2 Å². The lowest BCUT2D eigenvalue weighted by Crippen LogP contribution is -2.56. The van der Waals surface area contributed by atoms with E-state index in [1.807, 2.05) is 13.8 Å². The lowest BCUT2D eigenvalue weighted by molar-refractivity contribution is 0.0999. The first-order valence-corrected chi connectivity index (χ1v) is 8.33. The molecule has 1 aromatic rings. The van der Waals surface area contributed by atoms with Crippen LogP contribution in [0.2, 0.25) is 0 Å². The molecular formula is C14H21N3O3S. The number of carbonyl (C=O) groups is 1. The van der Waals surface area contributed by atoms with E-state index < -0.39 is 15.9 Å². The number of hydrogen-bond donors (Lipinski definition) is 2. The zero-order valence-corrected chi connectivity index (χ0v) is 13.3. The molecule has 2 unspecified atom stereocenters. The maximum atomic E-state index is 12.8. The van der Waals surface area contributed by atoms with Gasteiger partial charge in [0.05, 0.1) is 4.90 Å². The van der Waals surface area contributed by atoms with Gasteiger partial charge < -0.3 is 11.1 Å². The van der Waals surface area contributed by atoms with Gasteiger partial charge >= 0.3 is 0 Å². The summed E-state index contributed by atoms with van der Waals surface area (Å²) in [5.74, 6) is -0.619. The van der Waals surface area contributed by atoms with Gasteiger partial charge in [0.1, 0.15) is 0 Å². The quantitative estimate of drug-likeness (QED) is 0.848. The largest absolute Gasteiger partial charge is 0.366 e. The molecule has 0 bridgehead atoms. The first-order valence-electron chi connectivity index (χ1n) is 6.89. The highest BCUT2D eigenvalue weighted by Gasteiger charge is 2.33. The minimum atomic E-state index is -3.63. The zero-order chi connectivity index (χ0) is 15.8. The van der Waals surface area contributed by atoms with E-state index in [1.165, 1.54) is 16.4 Å². The van der Waals surface area contributed by atoms with Gasteiger partial charge in [-0.1, -0.05) is 6.07 Å². The monoisotopic (exact) mass is 311 g/mol. The maximum Gasteiger partial charge on any atom is 0.249 e. The first kappa shape index (κ1) is 15.9. The third kappa shape index (κ3) is 3.09. The molecule has 0 spiro atoms. The number of sulfonamides is 1. The standard InChI is InChI=1S/C14H21N3O3S/c1-9-4-5-12(6-13(9)14(15)18)21(19,20)17-8-10(2)16-7-11(17)3/h4-6,10-11,16H,7-8H2,1-3H3,(H2,15,18). The Morgan fingerprint density at radius 3 is 2.67 bits per heavy atom. The van der Waals surface area contributed by atoms with Crippen molar-refractivity contribution in [2.75, 3.05) is 13.1 Å². The second kappa shape index (κ2) is 5.75. The summed E-state index contributed by atoms with van der Waals surface area (Å²) in [6.45, 7) is 6.54. The average molecular weight is 311 g/mol. The van der Waals surface area contributed by atoms with Crippen molar-refractivity contribution < 1.29 is 13.2 Å². The van der Waals surface area contributed by atoms with Crippen molar-refractivity contribution in [3.8, 4) is 0 Å². The Bertz CT molecular complexity index is 657. The number of carbonyl (C=O) groups excluding carboxylic acids is 1. The molecule has 6 nitrogen and oxygen atoms in total. The third-order valence-corrected chi connectivity index (χ3v) is 5.76. The van der Waals surface area contributed by atoms with Crippen molar-refractivity contribution in [3.05, 3.63) is 29.3 Å². The maximum absolute atomic E-state index is 12.8.